The second-order valence-electron chi connectivity index (χ2n) is 4.98. The summed E-state index contributed by atoms with van der Waals surface area (Å²) in [5.74, 6) is -1.49. The van der Waals surface area contributed by atoms with E-state index < -0.39 is 11.9 Å². The first kappa shape index (κ1) is 13.9. The number of amides is 1. The summed E-state index contributed by atoms with van der Waals surface area (Å²) >= 11 is 5.88. The SMILES string of the molecule is C[C@@H]1[C@H](C(=O)O)CCCN1C(=O)c1cc(Cl)cn1C. The number of carboxylic acids is 1. The molecule has 1 aliphatic heterocycles. The van der Waals surface area contributed by atoms with E-state index in [1.807, 2.05) is 0 Å². The largest absolute Gasteiger partial charge is 0.481 e. The van der Waals surface area contributed by atoms with Gasteiger partial charge >= 0.3 is 5.97 Å². The molecule has 2 rings (SSSR count). The van der Waals surface area contributed by atoms with E-state index in [0.29, 0.717) is 30.1 Å². The zero-order chi connectivity index (χ0) is 14.2. The molecule has 19 heavy (non-hydrogen) atoms. The Kier molecular flexibility index (Phi) is 3.85. The number of nitrogens with zero attached hydrogens (tertiary/aromatic N) is 2. The van der Waals surface area contributed by atoms with Gasteiger partial charge in [0.25, 0.3) is 5.91 Å². The van der Waals surface area contributed by atoms with Crippen molar-refractivity contribution < 1.29 is 14.7 Å². The highest BCUT2D eigenvalue weighted by atomic mass is 35.5. The molecule has 104 valence electrons. The Labute approximate surface area is 116 Å². The molecule has 6 heteroatoms. The maximum Gasteiger partial charge on any atom is 0.308 e. The van der Waals surface area contributed by atoms with E-state index in [9.17, 15) is 14.7 Å². The number of halogens is 1. The average Bonchev–Trinajstić information content (AvgIpc) is 2.67. The number of aromatic nitrogens is 1. The molecule has 0 aliphatic carbocycles. The van der Waals surface area contributed by atoms with Gasteiger partial charge in [0.15, 0.2) is 0 Å². The molecule has 5 nitrogen and oxygen atoms in total. The van der Waals surface area contributed by atoms with Crippen LogP contribution in [0.3, 0.4) is 0 Å². The number of carbonyl (C=O) groups excluding carboxylic acids is 1. The third-order valence-electron chi connectivity index (χ3n) is 3.76. The molecule has 1 aliphatic rings. The highest BCUT2D eigenvalue weighted by Crippen LogP contribution is 2.26. The lowest BCUT2D eigenvalue weighted by Gasteiger charge is -2.37. The molecule has 2 heterocycles. The van der Waals surface area contributed by atoms with Crippen molar-refractivity contribution in [2.24, 2.45) is 13.0 Å². The van der Waals surface area contributed by atoms with Gasteiger partial charge in [0, 0.05) is 25.8 Å². The van der Waals surface area contributed by atoms with E-state index in [0.717, 1.165) is 0 Å². The van der Waals surface area contributed by atoms with Gasteiger partial charge in [-0.15, -0.1) is 0 Å². The topological polar surface area (TPSA) is 62.5 Å². The molecule has 0 spiro atoms. The molecule has 1 N–H and O–H groups in total. The Hall–Kier alpha value is -1.49. The summed E-state index contributed by atoms with van der Waals surface area (Å²) in [5.41, 5.74) is 0.489. The fourth-order valence-electron chi connectivity index (χ4n) is 2.64. The lowest BCUT2D eigenvalue weighted by molar-refractivity contribution is -0.144. The van der Waals surface area contributed by atoms with Gasteiger partial charge in [-0.1, -0.05) is 11.6 Å². The molecule has 1 fully saturated rings. The van der Waals surface area contributed by atoms with Gasteiger partial charge in [-0.3, -0.25) is 9.59 Å². The van der Waals surface area contributed by atoms with Crippen LogP contribution >= 0.6 is 11.6 Å². The van der Waals surface area contributed by atoms with Gasteiger partial charge in [0.05, 0.1) is 10.9 Å². The van der Waals surface area contributed by atoms with Crippen molar-refractivity contribution in [3.8, 4) is 0 Å². The highest BCUT2D eigenvalue weighted by Gasteiger charge is 2.36. The fraction of sp³-hybridized carbons (Fsp3) is 0.538. The molecule has 1 aromatic heterocycles. The van der Waals surface area contributed by atoms with Crippen molar-refractivity contribution in [2.45, 2.75) is 25.8 Å². The number of hydrogen-bond acceptors (Lipinski definition) is 2. The van der Waals surface area contributed by atoms with E-state index in [1.165, 1.54) is 0 Å². The first-order chi connectivity index (χ1) is 8.91. The fourth-order valence-corrected chi connectivity index (χ4v) is 2.89. The van der Waals surface area contributed by atoms with Crippen LogP contribution in [0.2, 0.25) is 5.02 Å². The number of carboxylic acid groups (broad SMARTS) is 1. The van der Waals surface area contributed by atoms with Crippen LogP contribution < -0.4 is 0 Å². The lowest BCUT2D eigenvalue weighted by Crippen LogP contribution is -2.49. The van der Waals surface area contributed by atoms with Crippen molar-refractivity contribution in [2.75, 3.05) is 6.54 Å². The molecular formula is C13H17ClN2O3. The smallest absolute Gasteiger partial charge is 0.308 e. The van der Waals surface area contributed by atoms with Crippen LogP contribution in [0.1, 0.15) is 30.3 Å². The highest BCUT2D eigenvalue weighted by molar-refractivity contribution is 6.31. The predicted octanol–water partition coefficient (Wildman–Crippen LogP) is 2.00. The van der Waals surface area contributed by atoms with E-state index >= 15 is 0 Å². The van der Waals surface area contributed by atoms with Crippen LogP contribution in [0, 0.1) is 5.92 Å². The van der Waals surface area contributed by atoms with E-state index in [1.54, 1.807) is 35.7 Å². The number of aliphatic carboxylic acids is 1. The van der Waals surface area contributed by atoms with Crippen LogP contribution in [0.25, 0.3) is 0 Å². The number of likely N-dealkylation sites (tertiary alicyclic amines) is 1. The van der Waals surface area contributed by atoms with Crippen LogP contribution in [-0.2, 0) is 11.8 Å². The van der Waals surface area contributed by atoms with Crippen molar-refractivity contribution in [3.63, 3.8) is 0 Å². The predicted molar refractivity (Wildman–Crippen MR) is 71.3 cm³/mol. The molecule has 2 atom stereocenters. The van der Waals surface area contributed by atoms with E-state index in [-0.39, 0.29) is 11.9 Å². The van der Waals surface area contributed by atoms with Gasteiger partial charge in [0.2, 0.25) is 0 Å². The minimum absolute atomic E-state index is 0.159. The minimum atomic E-state index is -0.838. The monoisotopic (exact) mass is 284 g/mol. The number of aryl methyl sites for hydroxylation is 1. The quantitative estimate of drug-likeness (QED) is 0.903. The first-order valence-corrected chi connectivity index (χ1v) is 6.65. The standard InChI is InChI=1S/C13H17ClN2O3/c1-8-10(13(18)19)4-3-5-16(8)12(17)11-6-9(14)7-15(11)2/h6-8,10H,3-5H2,1-2H3,(H,18,19)/t8-,10-/m1/s1. The number of carbonyl (C=O) groups is 2. The van der Waals surface area contributed by atoms with Crippen molar-refractivity contribution >= 4 is 23.5 Å². The molecule has 0 bridgehead atoms. The van der Waals surface area contributed by atoms with Crippen LogP contribution in [0.15, 0.2) is 12.3 Å². The average molecular weight is 285 g/mol. The minimum Gasteiger partial charge on any atom is -0.481 e. The first-order valence-electron chi connectivity index (χ1n) is 6.27. The molecule has 0 aromatic carbocycles. The lowest BCUT2D eigenvalue weighted by atomic mass is 9.90. The third kappa shape index (κ3) is 2.61. The zero-order valence-corrected chi connectivity index (χ0v) is 11.7. The Morgan fingerprint density at radius 3 is 2.68 bits per heavy atom. The molecule has 1 amide bonds. The van der Waals surface area contributed by atoms with Crippen LogP contribution in [0.4, 0.5) is 0 Å². The summed E-state index contributed by atoms with van der Waals surface area (Å²) in [6, 6.07) is 1.31. The number of rotatable bonds is 2. The van der Waals surface area contributed by atoms with E-state index in [2.05, 4.69) is 0 Å². The number of piperidine rings is 1. The Balaban J connectivity index is 2.23. The molecule has 0 saturated carbocycles. The van der Waals surface area contributed by atoms with Gasteiger partial charge in [-0.2, -0.15) is 0 Å². The molecule has 0 radical (unpaired) electrons. The summed E-state index contributed by atoms with van der Waals surface area (Å²) < 4.78 is 1.67. The Morgan fingerprint density at radius 2 is 2.16 bits per heavy atom. The van der Waals surface area contributed by atoms with E-state index in [4.69, 9.17) is 11.6 Å². The summed E-state index contributed by atoms with van der Waals surface area (Å²) in [5, 5.41) is 9.68. The second-order valence-corrected chi connectivity index (χ2v) is 5.42. The summed E-state index contributed by atoms with van der Waals surface area (Å²) in [6.07, 6.45) is 3.00. The maximum absolute atomic E-state index is 12.5. The molecular weight excluding hydrogens is 268 g/mol. The van der Waals surface area contributed by atoms with Crippen molar-refractivity contribution in [3.05, 3.63) is 23.0 Å². The van der Waals surface area contributed by atoms with Gasteiger partial charge < -0.3 is 14.6 Å². The van der Waals surface area contributed by atoms with Gasteiger partial charge in [-0.25, -0.2) is 0 Å². The van der Waals surface area contributed by atoms with Gasteiger partial charge in [0.1, 0.15) is 5.69 Å². The Morgan fingerprint density at radius 1 is 1.47 bits per heavy atom. The summed E-state index contributed by atoms with van der Waals surface area (Å²) in [4.78, 5) is 25.3. The van der Waals surface area contributed by atoms with Crippen LogP contribution in [-0.4, -0.2) is 39.0 Å². The normalized spacial score (nSPS) is 23.4. The number of hydrogen-bond donors (Lipinski definition) is 1. The summed E-state index contributed by atoms with van der Waals surface area (Å²) in [7, 11) is 1.75. The van der Waals surface area contributed by atoms with Crippen LogP contribution in [0.5, 0.6) is 0 Å². The molecule has 0 unspecified atom stereocenters. The molecule has 1 aromatic rings. The second kappa shape index (κ2) is 5.25. The van der Waals surface area contributed by atoms with Crippen molar-refractivity contribution in [1.82, 2.24) is 9.47 Å². The third-order valence-corrected chi connectivity index (χ3v) is 3.96. The Bertz CT molecular complexity index is 512. The van der Waals surface area contributed by atoms with Gasteiger partial charge in [-0.05, 0) is 25.8 Å². The molecule has 1 saturated heterocycles. The summed E-state index contributed by atoms with van der Waals surface area (Å²) in [6.45, 7) is 2.38. The zero-order valence-electron chi connectivity index (χ0n) is 11.0. The maximum atomic E-state index is 12.5. The van der Waals surface area contributed by atoms with Crippen molar-refractivity contribution in [1.29, 1.82) is 0 Å².